The SMILES string of the molecule is CC(C=NN)=Nc1ccc2c(c1)OC(C)(C)c1nc(Nc3cnc4c(c3)N(C(=O)CN(C)C)CCO4)ncc1-2. The molecule has 0 bridgehead atoms. The average molecular weight is 530 g/mol. The van der Waals surface area contributed by atoms with Crippen LogP contribution in [0.15, 0.2) is 46.8 Å². The molecule has 0 saturated carbocycles. The standard InChI is InChI=1S/C27H31N9O3/c1-16(12-31-28)32-17-6-7-19-20-14-30-26(34-24(20)27(2,3)39-22(19)11-17)33-18-10-21-25(29-13-18)38-9-8-36(21)23(37)15-35(4)5/h6-7,10-14H,8-9,15,28H2,1-5H3,(H,30,33,34). The largest absolute Gasteiger partial charge is 0.481 e. The molecular weight excluding hydrogens is 498 g/mol. The Hall–Kier alpha value is -4.58. The van der Waals surface area contributed by atoms with Crippen LogP contribution < -0.4 is 25.5 Å². The molecule has 0 fully saturated rings. The van der Waals surface area contributed by atoms with Crippen LogP contribution in [0.5, 0.6) is 11.6 Å². The van der Waals surface area contributed by atoms with Crippen molar-refractivity contribution in [2.24, 2.45) is 15.9 Å². The van der Waals surface area contributed by atoms with Crippen molar-refractivity contribution in [2.45, 2.75) is 26.4 Å². The summed E-state index contributed by atoms with van der Waals surface area (Å²) in [5.41, 5.74) is 4.42. The fraction of sp³-hybridized carbons (Fsp3) is 0.333. The molecule has 3 N–H and O–H groups in total. The number of hydrazone groups is 1. The van der Waals surface area contributed by atoms with E-state index in [1.165, 1.54) is 6.21 Å². The highest BCUT2D eigenvalue weighted by atomic mass is 16.5. The van der Waals surface area contributed by atoms with E-state index >= 15 is 0 Å². The van der Waals surface area contributed by atoms with E-state index in [0.717, 1.165) is 22.5 Å². The normalized spacial score (nSPS) is 15.7. The first-order chi connectivity index (χ1) is 18.6. The monoisotopic (exact) mass is 529 g/mol. The maximum Gasteiger partial charge on any atom is 0.241 e. The highest BCUT2D eigenvalue weighted by Gasteiger charge is 2.35. The number of benzene rings is 1. The predicted octanol–water partition coefficient (Wildman–Crippen LogP) is 3.23. The number of nitrogens with zero attached hydrogens (tertiary/aromatic N) is 7. The second kappa shape index (κ2) is 10.3. The minimum absolute atomic E-state index is 0.0254. The minimum Gasteiger partial charge on any atom is -0.481 e. The van der Waals surface area contributed by atoms with E-state index in [0.29, 0.717) is 47.8 Å². The van der Waals surface area contributed by atoms with E-state index in [2.05, 4.69) is 25.4 Å². The summed E-state index contributed by atoms with van der Waals surface area (Å²) < 4.78 is 12.0. The van der Waals surface area contributed by atoms with Crippen molar-refractivity contribution < 1.29 is 14.3 Å². The lowest BCUT2D eigenvalue weighted by molar-refractivity contribution is -0.119. The fourth-order valence-electron chi connectivity index (χ4n) is 4.56. The lowest BCUT2D eigenvalue weighted by Gasteiger charge is -2.34. The second-order valence-electron chi connectivity index (χ2n) is 10.1. The Bertz CT molecular complexity index is 1480. The summed E-state index contributed by atoms with van der Waals surface area (Å²) in [6.07, 6.45) is 4.91. The van der Waals surface area contributed by atoms with Crippen LogP contribution in [0, 0.1) is 0 Å². The lowest BCUT2D eigenvalue weighted by atomic mass is 9.91. The first-order valence-corrected chi connectivity index (χ1v) is 12.5. The summed E-state index contributed by atoms with van der Waals surface area (Å²) in [7, 11) is 3.72. The summed E-state index contributed by atoms with van der Waals surface area (Å²) in [6, 6.07) is 7.55. The third kappa shape index (κ3) is 5.36. The van der Waals surface area contributed by atoms with Crippen LogP contribution in [0.25, 0.3) is 11.1 Å². The van der Waals surface area contributed by atoms with Gasteiger partial charge in [-0.05, 0) is 53.1 Å². The van der Waals surface area contributed by atoms with Gasteiger partial charge in [0.15, 0.2) is 0 Å². The van der Waals surface area contributed by atoms with E-state index in [9.17, 15) is 4.79 Å². The van der Waals surface area contributed by atoms with E-state index in [4.69, 9.17) is 20.3 Å². The molecule has 0 aliphatic carbocycles. The number of hydrogen-bond donors (Lipinski definition) is 2. The van der Waals surface area contributed by atoms with Crippen LogP contribution in [-0.4, -0.2) is 71.5 Å². The molecule has 0 saturated heterocycles. The number of ether oxygens (including phenoxy) is 2. The minimum atomic E-state index is -0.727. The zero-order valence-electron chi connectivity index (χ0n) is 22.6. The van der Waals surface area contributed by atoms with Crippen molar-refractivity contribution in [3.05, 3.63) is 42.4 Å². The second-order valence-corrected chi connectivity index (χ2v) is 10.1. The summed E-state index contributed by atoms with van der Waals surface area (Å²) in [4.78, 5) is 34.6. The fourth-order valence-corrected chi connectivity index (χ4v) is 4.56. The molecule has 2 aromatic heterocycles. The predicted molar refractivity (Wildman–Crippen MR) is 150 cm³/mol. The van der Waals surface area contributed by atoms with Crippen molar-refractivity contribution in [3.63, 3.8) is 0 Å². The zero-order chi connectivity index (χ0) is 27.7. The average Bonchev–Trinajstić information content (AvgIpc) is 2.88. The highest BCUT2D eigenvalue weighted by Crippen LogP contribution is 2.45. The Labute approximate surface area is 226 Å². The van der Waals surface area contributed by atoms with Crippen molar-refractivity contribution in [3.8, 4) is 22.8 Å². The molecule has 1 amide bonds. The van der Waals surface area contributed by atoms with Gasteiger partial charge in [-0.25, -0.2) is 15.0 Å². The number of nitrogens with two attached hydrogens (primary N) is 1. The van der Waals surface area contributed by atoms with E-state index in [-0.39, 0.29) is 12.5 Å². The first-order valence-electron chi connectivity index (χ1n) is 12.5. The van der Waals surface area contributed by atoms with Crippen molar-refractivity contribution in [2.75, 3.05) is 44.0 Å². The molecule has 0 radical (unpaired) electrons. The number of anilines is 3. The Kier molecular flexibility index (Phi) is 6.87. The van der Waals surface area contributed by atoms with Gasteiger partial charge in [0.05, 0.1) is 48.3 Å². The molecule has 202 valence electrons. The molecule has 2 aliphatic rings. The molecule has 12 heteroatoms. The molecule has 0 atom stereocenters. The van der Waals surface area contributed by atoms with Crippen molar-refractivity contribution in [1.82, 2.24) is 19.9 Å². The van der Waals surface area contributed by atoms with Gasteiger partial charge >= 0.3 is 0 Å². The molecule has 0 unspecified atom stereocenters. The van der Waals surface area contributed by atoms with Gasteiger partial charge in [-0.15, -0.1) is 0 Å². The van der Waals surface area contributed by atoms with Crippen molar-refractivity contribution in [1.29, 1.82) is 0 Å². The lowest BCUT2D eigenvalue weighted by Crippen LogP contribution is -2.42. The number of rotatable bonds is 6. The smallest absolute Gasteiger partial charge is 0.241 e. The summed E-state index contributed by atoms with van der Waals surface area (Å²) in [5.74, 6) is 6.70. The Morgan fingerprint density at radius 3 is 2.82 bits per heavy atom. The Balaban J connectivity index is 1.44. The number of carbonyl (C=O) groups is 1. The molecule has 39 heavy (non-hydrogen) atoms. The van der Waals surface area contributed by atoms with Crippen LogP contribution in [0.2, 0.25) is 0 Å². The third-order valence-electron chi connectivity index (χ3n) is 6.23. The molecule has 1 aromatic carbocycles. The van der Waals surface area contributed by atoms with Crippen LogP contribution in [-0.2, 0) is 10.4 Å². The van der Waals surface area contributed by atoms with Crippen LogP contribution in [0.4, 0.5) is 23.0 Å². The molecule has 0 spiro atoms. The van der Waals surface area contributed by atoms with Gasteiger partial charge in [-0.2, -0.15) is 5.10 Å². The number of aliphatic imine (C=N–C) groups is 1. The number of nitrogens with one attached hydrogen (secondary N) is 1. The van der Waals surface area contributed by atoms with Gasteiger partial charge in [-0.1, -0.05) is 0 Å². The molecule has 3 aromatic rings. The molecule has 12 nitrogen and oxygen atoms in total. The van der Waals surface area contributed by atoms with Gasteiger partial charge in [0.2, 0.25) is 17.7 Å². The van der Waals surface area contributed by atoms with Crippen LogP contribution in [0.1, 0.15) is 26.5 Å². The summed E-state index contributed by atoms with van der Waals surface area (Å²) >= 11 is 0. The number of fused-ring (bicyclic) bond motifs is 4. The molecule has 5 rings (SSSR count). The maximum atomic E-state index is 12.8. The van der Waals surface area contributed by atoms with E-state index in [1.807, 2.05) is 64.0 Å². The number of amides is 1. The molecule has 4 heterocycles. The number of likely N-dealkylation sites (N-methyl/N-ethyl adjacent to an activating group) is 1. The third-order valence-corrected chi connectivity index (χ3v) is 6.23. The van der Waals surface area contributed by atoms with E-state index < -0.39 is 5.60 Å². The van der Waals surface area contributed by atoms with Gasteiger partial charge in [0, 0.05) is 23.4 Å². The summed E-state index contributed by atoms with van der Waals surface area (Å²) in [5, 5.41) is 6.74. The number of aromatic nitrogens is 3. The highest BCUT2D eigenvalue weighted by molar-refractivity contribution is 6.30. The van der Waals surface area contributed by atoms with Crippen LogP contribution in [0.3, 0.4) is 0 Å². The van der Waals surface area contributed by atoms with Gasteiger partial charge in [-0.3, -0.25) is 9.79 Å². The Morgan fingerprint density at radius 1 is 1.23 bits per heavy atom. The van der Waals surface area contributed by atoms with Gasteiger partial charge < -0.3 is 30.4 Å². The number of pyridine rings is 1. The van der Waals surface area contributed by atoms with E-state index in [1.54, 1.807) is 17.3 Å². The number of hydrogen-bond acceptors (Lipinski definition) is 11. The molecule has 2 aliphatic heterocycles. The number of carbonyl (C=O) groups excluding carboxylic acids is 1. The summed E-state index contributed by atoms with van der Waals surface area (Å²) in [6.45, 7) is 6.88. The van der Waals surface area contributed by atoms with Crippen molar-refractivity contribution >= 4 is 40.8 Å². The first kappa shape index (κ1) is 26.0. The maximum absolute atomic E-state index is 12.8. The van der Waals surface area contributed by atoms with Gasteiger partial charge in [0.1, 0.15) is 23.6 Å². The zero-order valence-corrected chi connectivity index (χ0v) is 22.6. The van der Waals surface area contributed by atoms with Gasteiger partial charge in [0.25, 0.3) is 0 Å². The Morgan fingerprint density at radius 2 is 2.05 bits per heavy atom. The van der Waals surface area contributed by atoms with Crippen LogP contribution >= 0.6 is 0 Å². The molecular formula is C27H31N9O3. The topological polar surface area (TPSA) is 143 Å². The quantitative estimate of drug-likeness (QED) is 0.279.